The van der Waals surface area contributed by atoms with Crippen LogP contribution in [0.4, 0.5) is 4.39 Å². The molecule has 2 aromatic heterocycles. The number of rotatable bonds is 9. The fourth-order valence-corrected chi connectivity index (χ4v) is 3.17. The summed E-state index contributed by atoms with van der Waals surface area (Å²) in [6.07, 6.45) is 3.56. The molecule has 0 radical (unpaired) electrons. The van der Waals surface area contributed by atoms with Crippen LogP contribution in [-0.4, -0.2) is 27.9 Å². The Morgan fingerprint density at radius 1 is 1.27 bits per heavy atom. The van der Waals surface area contributed by atoms with Crippen molar-refractivity contribution in [1.29, 1.82) is 0 Å². The van der Waals surface area contributed by atoms with E-state index < -0.39 is 5.97 Å². The number of halogens is 1. The van der Waals surface area contributed by atoms with Crippen molar-refractivity contribution in [2.24, 2.45) is 0 Å². The molecule has 2 heterocycles. The molecule has 0 N–H and O–H groups in total. The number of allylic oxidation sites excluding steroid dienone is 1. The molecule has 7 heteroatoms. The van der Waals surface area contributed by atoms with Gasteiger partial charge in [0.1, 0.15) is 5.82 Å². The summed E-state index contributed by atoms with van der Waals surface area (Å²) in [4.78, 5) is 28.6. The lowest BCUT2D eigenvalue weighted by molar-refractivity contribution is -0.142. The van der Waals surface area contributed by atoms with Crippen molar-refractivity contribution in [3.63, 3.8) is 0 Å². The van der Waals surface area contributed by atoms with Crippen LogP contribution in [0, 0.1) is 19.7 Å². The van der Waals surface area contributed by atoms with E-state index in [2.05, 4.69) is 11.6 Å². The molecule has 156 valence electrons. The molecular weight excluding hydrogens is 387 g/mol. The number of oxazole rings is 1. The minimum Gasteiger partial charge on any atom is -0.457 e. The first-order chi connectivity index (χ1) is 14.4. The number of carbonyl (C=O) groups is 2. The predicted octanol–water partition coefficient (Wildman–Crippen LogP) is 4.44. The topological polar surface area (TPSA) is 74.3 Å². The zero-order valence-electron chi connectivity index (χ0n) is 17.0. The van der Waals surface area contributed by atoms with E-state index in [0.717, 1.165) is 11.4 Å². The van der Waals surface area contributed by atoms with E-state index in [4.69, 9.17) is 9.15 Å². The standard InChI is InChI=1S/C23H23FN2O4/c1-4-11-26-15(2)12-19(16(26)3)20(27)14-29-23(28)10-9-22-25-13-21(30-22)17-5-7-18(24)8-6-17/h4-8,12-13H,1,9-11,14H2,2-3H3. The number of carbonyl (C=O) groups excluding carboxylic acids is 2. The first-order valence-corrected chi connectivity index (χ1v) is 9.56. The number of hydrogen-bond donors (Lipinski definition) is 0. The summed E-state index contributed by atoms with van der Waals surface area (Å²) in [5.74, 6) is -0.237. The van der Waals surface area contributed by atoms with E-state index in [1.807, 2.05) is 18.4 Å². The molecule has 1 aromatic carbocycles. The number of nitrogens with zero attached hydrogens (tertiary/aromatic N) is 2. The molecule has 6 nitrogen and oxygen atoms in total. The van der Waals surface area contributed by atoms with Crippen molar-refractivity contribution in [3.05, 3.63) is 77.8 Å². The number of esters is 1. The molecule has 3 aromatic rings. The van der Waals surface area contributed by atoms with Crippen LogP contribution in [0.3, 0.4) is 0 Å². The Hall–Kier alpha value is -3.48. The average molecular weight is 410 g/mol. The van der Waals surface area contributed by atoms with Gasteiger partial charge < -0.3 is 13.7 Å². The van der Waals surface area contributed by atoms with Gasteiger partial charge >= 0.3 is 5.97 Å². The minimum absolute atomic E-state index is 0.0339. The van der Waals surface area contributed by atoms with Crippen LogP contribution in [-0.2, 0) is 22.5 Å². The Morgan fingerprint density at radius 3 is 2.70 bits per heavy atom. The van der Waals surface area contributed by atoms with Gasteiger partial charge in [-0.2, -0.15) is 0 Å². The number of aryl methyl sites for hydroxylation is 2. The molecule has 0 bridgehead atoms. The number of ether oxygens (including phenoxy) is 1. The Labute approximate surface area is 174 Å². The van der Waals surface area contributed by atoms with Crippen molar-refractivity contribution in [3.8, 4) is 11.3 Å². The summed E-state index contributed by atoms with van der Waals surface area (Å²) < 4.78 is 25.7. The zero-order chi connectivity index (χ0) is 21.7. The largest absolute Gasteiger partial charge is 0.457 e. The van der Waals surface area contributed by atoms with Crippen molar-refractivity contribution in [1.82, 2.24) is 9.55 Å². The highest BCUT2D eigenvalue weighted by atomic mass is 19.1. The zero-order valence-corrected chi connectivity index (χ0v) is 17.0. The third-order valence-electron chi connectivity index (χ3n) is 4.78. The maximum Gasteiger partial charge on any atom is 0.306 e. The van der Waals surface area contributed by atoms with Crippen molar-refractivity contribution in [2.45, 2.75) is 33.2 Å². The molecule has 0 aliphatic rings. The van der Waals surface area contributed by atoms with Gasteiger partial charge in [0.15, 0.2) is 18.3 Å². The van der Waals surface area contributed by atoms with Gasteiger partial charge in [-0.15, -0.1) is 6.58 Å². The summed E-state index contributed by atoms with van der Waals surface area (Å²) in [6, 6.07) is 7.64. The normalized spacial score (nSPS) is 10.8. The van der Waals surface area contributed by atoms with Crippen molar-refractivity contribution < 1.29 is 23.1 Å². The first-order valence-electron chi connectivity index (χ1n) is 9.56. The molecule has 0 spiro atoms. The van der Waals surface area contributed by atoms with Crippen LogP contribution in [0.15, 0.2) is 53.6 Å². The average Bonchev–Trinajstić information content (AvgIpc) is 3.31. The summed E-state index contributed by atoms with van der Waals surface area (Å²) in [7, 11) is 0. The minimum atomic E-state index is -0.509. The second-order valence-electron chi connectivity index (χ2n) is 6.89. The Bertz CT molecular complexity index is 1060. The predicted molar refractivity (Wildman–Crippen MR) is 110 cm³/mol. The summed E-state index contributed by atoms with van der Waals surface area (Å²) in [6.45, 7) is 7.78. The van der Waals surface area contributed by atoms with Gasteiger partial charge in [-0.3, -0.25) is 9.59 Å². The lowest BCUT2D eigenvalue weighted by Gasteiger charge is -2.06. The van der Waals surface area contributed by atoms with Gasteiger partial charge in [0.25, 0.3) is 0 Å². The number of Topliss-reactive ketones (excluding diaryl/α,β-unsaturated/α-hetero) is 1. The maximum absolute atomic E-state index is 13.0. The molecule has 0 aliphatic heterocycles. The fourth-order valence-electron chi connectivity index (χ4n) is 3.17. The summed E-state index contributed by atoms with van der Waals surface area (Å²) in [5, 5.41) is 0. The fraction of sp³-hybridized carbons (Fsp3) is 0.261. The Balaban J connectivity index is 1.51. The number of aromatic nitrogens is 2. The lowest BCUT2D eigenvalue weighted by Crippen LogP contribution is -2.15. The quantitative estimate of drug-likeness (QED) is 0.296. The lowest BCUT2D eigenvalue weighted by atomic mass is 10.1. The van der Waals surface area contributed by atoms with E-state index in [-0.39, 0.29) is 31.0 Å². The molecule has 0 fully saturated rings. The van der Waals surface area contributed by atoms with Crippen LogP contribution >= 0.6 is 0 Å². The van der Waals surface area contributed by atoms with E-state index in [1.54, 1.807) is 24.3 Å². The molecule has 0 saturated carbocycles. The monoisotopic (exact) mass is 410 g/mol. The Kier molecular flexibility index (Phi) is 6.61. The molecule has 30 heavy (non-hydrogen) atoms. The molecule has 0 unspecified atom stereocenters. The van der Waals surface area contributed by atoms with Gasteiger partial charge in [0, 0.05) is 35.5 Å². The highest BCUT2D eigenvalue weighted by Gasteiger charge is 2.17. The van der Waals surface area contributed by atoms with Crippen molar-refractivity contribution in [2.75, 3.05) is 6.61 Å². The Morgan fingerprint density at radius 2 is 2.00 bits per heavy atom. The van der Waals surface area contributed by atoms with Crippen LogP contribution in [0.25, 0.3) is 11.3 Å². The number of benzene rings is 1. The summed E-state index contributed by atoms with van der Waals surface area (Å²) >= 11 is 0. The van der Waals surface area contributed by atoms with Crippen LogP contribution in [0.1, 0.15) is 34.1 Å². The number of hydrogen-bond acceptors (Lipinski definition) is 5. The second-order valence-corrected chi connectivity index (χ2v) is 6.89. The molecule has 0 aliphatic carbocycles. The molecule has 0 amide bonds. The SMILES string of the molecule is C=CCn1c(C)cc(C(=O)COC(=O)CCc2ncc(-c3ccc(F)cc3)o2)c1C. The van der Waals surface area contributed by atoms with Gasteiger partial charge in [-0.25, -0.2) is 9.37 Å². The molecule has 0 saturated heterocycles. The van der Waals surface area contributed by atoms with E-state index in [9.17, 15) is 14.0 Å². The van der Waals surface area contributed by atoms with Gasteiger partial charge in [-0.1, -0.05) is 6.08 Å². The summed E-state index contributed by atoms with van der Waals surface area (Å²) in [5.41, 5.74) is 3.00. The van der Waals surface area contributed by atoms with Gasteiger partial charge in [0.05, 0.1) is 12.6 Å². The van der Waals surface area contributed by atoms with Crippen LogP contribution in [0.2, 0.25) is 0 Å². The molecule has 3 rings (SSSR count). The van der Waals surface area contributed by atoms with Crippen molar-refractivity contribution >= 4 is 11.8 Å². The highest BCUT2D eigenvalue weighted by Crippen LogP contribution is 2.21. The molecule has 0 atom stereocenters. The van der Waals surface area contributed by atoms with E-state index >= 15 is 0 Å². The molecular formula is C23H23FN2O4. The second kappa shape index (κ2) is 9.35. The van der Waals surface area contributed by atoms with Gasteiger partial charge in [0.2, 0.25) is 5.78 Å². The van der Waals surface area contributed by atoms with Crippen LogP contribution < -0.4 is 0 Å². The number of ketones is 1. The van der Waals surface area contributed by atoms with Crippen LogP contribution in [0.5, 0.6) is 0 Å². The van der Waals surface area contributed by atoms with E-state index in [0.29, 0.717) is 29.3 Å². The van der Waals surface area contributed by atoms with Gasteiger partial charge in [-0.05, 0) is 44.2 Å². The third kappa shape index (κ3) is 4.92. The maximum atomic E-state index is 13.0. The highest BCUT2D eigenvalue weighted by molar-refractivity contribution is 5.99. The third-order valence-corrected chi connectivity index (χ3v) is 4.78. The first kappa shape index (κ1) is 21.2. The van der Waals surface area contributed by atoms with E-state index in [1.165, 1.54) is 18.3 Å². The smallest absolute Gasteiger partial charge is 0.306 e.